The van der Waals surface area contributed by atoms with Crippen molar-refractivity contribution in [1.82, 2.24) is 0 Å². The number of azide groups is 1. The summed E-state index contributed by atoms with van der Waals surface area (Å²) in [5.74, 6) is -1.27. The van der Waals surface area contributed by atoms with Gasteiger partial charge in [-0.05, 0) is 30.0 Å². The highest BCUT2D eigenvalue weighted by molar-refractivity contribution is 6.04. The van der Waals surface area contributed by atoms with Crippen LogP contribution in [0.4, 0.5) is 5.69 Å². The van der Waals surface area contributed by atoms with Crippen LogP contribution in [0, 0.1) is 12.8 Å². The molecule has 1 aliphatic heterocycles. The van der Waals surface area contributed by atoms with Gasteiger partial charge in [0.1, 0.15) is 0 Å². The van der Waals surface area contributed by atoms with Gasteiger partial charge in [-0.15, -0.1) is 0 Å². The van der Waals surface area contributed by atoms with E-state index in [0.29, 0.717) is 12.2 Å². The molecule has 1 amide bonds. The lowest BCUT2D eigenvalue weighted by Crippen LogP contribution is -2.27. The zero-order chi connectivity index (χ0) is 14.7. The summed E-state index contributed by atoms with van der Waals surface area (Å²) in [4.78, 5) is 27.5. The van der Waals surface area contributed by atoms with Crippen LogP contribution in [0.5, 0.6) is 0 Å². The van der Waals surface area contributed by atoms with Gasteiger partial charge in [0.25, 0.3) is 0 Å². The van der Waals surface area contributed by atoms with E-state index in [2.05, 4.69) is 10.0 Å². The number of aromatic carboxylic acids is 1. The van der Waals surface area contributed by atoms with E-state index in [1.54, 1.807) is 19.1 Å². The van der Waals surface area contributed by atoms with Crippen molar-refractivity contribution in [2.45, 2.75) is 13.3 Å². The van der Waals surface area contributed by atoms with E-state index in [9.17, 15) is 14.7 Å². The Bertz CT molecular complexity index is 608. The monoisotopic (exact) mass is 274 g/mol. The number of nitrogens with zero attached hydrogens (tertiary/aromatic N) is 4. The fourth-order valence-electron chi connectivity index (χ4n) is 2.46. The van der Waals surface area contributed by atoms with Gasteiger partial charge >= 0.3 is 5.97 Å². The summed E-state index contributed by atoms with van der Waals surface area (Å²) in [7, 11) is 0. The van der Waals surface area contributed by atoms with Gasteiger partial charge in [-0.25, -0.2) is 4.79 Å². The minimum Gasteiger partial charge on any atom is -0.478 e. The first-order valence-electron chi connectivity index (χ1n) is 6.18. The Morgan fingerprint density at radius 3 is 3.00 bits per heavy atom. The third-order valence-corrected chi connectivity index (χ3v) is 3.35. The second-order valence-corrected chi connectivity index (χ2v) is 4.76. The highest BCUT2D eigenvalue weighted by atomic mass is 16.4. The molecule has 0 saturated carbocycles. The maximum atomic E-state index is 12.1. The van der Waals surface area contributed by atoms with Crippen LogP contribution >= 0.6 is 0 Å². The number of carbonyl (C=O) groups is 2. The zero-order valence-electron chi connectivity index (χ0n) is 11.0. The number of anilines is 1. The van der Waals surface area contributed by atoms with Crippen molar-refractivity contribution in [3.63, 3.8) is 0 Å². The molecule has 0 aromatic heterocycles. The number of carboxylic acid groups (broad SMARTS) is 1. The maximum absolute atomic E-state index is 12.1. The number of carboxylic acids is 1. The third-order valence-electron chi connectivity index (χ3n) is 3.35. The lowest BCUT2D eigenvalue weighted by atomic mass is 10.1. The number of hydrogen-bond donors (Lipinski definition) is 1. The summed E-state index contributed by atoms with van der Waals surface area (Å²) >= 11 is 0. The van der Waals surface area contributed by atoms with Gasteiger partial charge in [0.15, 0.2) is 0 Å². The van der Waals surface area contributed by atoms with Crippen LogP contribution in [0.2, 0.25) is 0 Å². The predicted molar refractivity (Wildman–Crippen MR) is 72.6 cm³/mol. The van der Waals surface area contributed by atoms with Gasteiger partial charge in [-0.3, -0.25) is 4.79 Å². The van der Waals surface area contributed by atoms with Gasteiger partial charge in [0, 0.05) is 24.4 Å². The van der Waals surface area contributed by atoms with Crippen molar-refractivity contribution in [2.75, 3.05) is 18.0 Å². The molecule has 1 aromatic rings. The molecule has 1 N–H and O–H groups in total. The first-order valence-corrected chi connectivity index (χ1v) is 6.18. The predicted octanol–water partition coefficient (Wildman–Crippen LogP) is 2.36. The smallest absolute Gasteiger partial charge is 0.337 e. The number of amides is 1. The Hall–Kier alpha value is -2.53. The molecule has 2 rings (SSSR count). The van der Waals surface area contributed by atoms with E-state index >= 15 is 0 Å². The minimum absolute atomic E-state index is 0.0698. The minimum atomic E-state index is -1.06. The highest BCUT2D eigenvalue weighted by Gasteiger charge is 2.33. The summed E-state index contributed by atoms with van der Waals surface area (Å²) in [5, 5.41) is 12.7. The zero-order valence-corrected chi connectivity index (χ0v) is 11.0. The number of hydrogen-bond acceptors (Lipinski definition) is 3. The lowest BCUT2D eigenvalue weighted by Gasteiger charge is -2.21. The number of carbonyl (C=O) groups excluding carboxylic acids is 1. The normalized spacial score (nSPS) is 17.9. The van der Waals surface area contributed by atoms with Crippen LogP contribution in [0.25, 0.3) is 10.4 Å². The molecular formula is C13H14N4O3. The Kier molecular flexibility index (Phi) is 3.91. The van der Waals surface area contributed by atoms with Gasteiger partial charge in [0.2, 0.25) is 5.91 Å². The first-order chi connectivity index (χ1) is 9.54. The fraction of sp³-hybridized carbons (Fsp3) is 0.385. The molecule has 104 valence electrons. The molecule has 1 heterocycles. The Morgan fingerprint density at radius 1 is 1.60 bits per heavy atom. The molecule has 20 heavy (non-hydrogen) atoms. The molecule has 0 radical (unpaired) electrons. The maximum Gasteiger partial charge on any atom is 0.337 e. The van der Waals surface area contributed by atoms with Gasteiger partial charge in [-0.2, -0.15) is 0 Å². The largest absolute Gasteiger partial charge is 0.478 e. The third kappa shape index (κ3) is 2.57. The molecule has 1 unspecified atom stereocenters. The number of benzene rings is 1. The van der Waals surface area contributed by atoms with Crippen LogP contribution in [-0.4, -0.2) is 30.1 Å². The molecule has 0 bridgehead atoms. The second-order valence-electron chi connectivity index (χ2n) is 4.76. The van der Waals surface area contributed by atoms with Crippen molar-refractivity contribution in [3.8, 4) is 0 Å². The summed E-state index contributed by atoms with van der Waals surface area (Å²) in [6.45, 7) is 2.39. The topological polar surface area (TPSA) is 106 Å². The van der Waals surface area contributed by atoms with Crippen LogP contribution in [-0.2, 0) is 4.79 Å². The van der Waals surface area contributed by atoms with E-state index in [4.69, 9.17) is 5.53 Å². The van der Waals surface area contributed by atoms with Gasteiger partial charge < -0.3 is 10.0 Å². The summed E-state index contributed by atoms with van der Waals surface area (Å²) in [6.07, 6.45) is 0.270. The fourth-order valence-corrected chi connectivity index (χ4v) is 2.46. The Morgan fingerprint density at radius 2 is 2.35 bits per heavy atom. The molecule has 0 spiro atoms. The van der Waals surface area contributed by atoms with Crippen LogP contribution < -0.4 is 4.90 Å². The molecule has 1 fully saturated rings. The van der Waals surface area contributed by atoms with E-state index in [1.807, 2.05) is 0 Å². The molecule has 1 saturated heterocycles. The van der Waals surface area contributed by atoms with E-state index in [0.717, 1.165) is 5.56 Å². The number of aryl methyl sites for hydroxylation is 1. The summed E-state index contributed by atoms with van der Waals surface area (Å²) in [5.41, 5.74) is 9.61. The quantitative estimate of drug-likeness (QED) is 0.517. The van der Waals surface area contributed by atoms with Crippen LogP contribution in [0.1, 0.15) is 22.3 Å². The van der Waals surface area contributed by atoms with E-state index < -0.39 is 5.97 Å². The number of rotatable bonds is 4. The summed E-state index contributed by atoms with van der Waals surface area (Å²) in [6, 6.07) is 4.91. The second kappa shape index (κ2) is 5.63. The molecule has 1 aromatic carbocycles. The molecule has 7 nitrogen and oxygen atoms in total. The van der Waals surface area contributed by atoms with Gasteiger partial charge in [-0.1, -0.05) is 17.2 Å². The lowest BCUT2D eigenvalue weighted by molar-refractivity contribution is -0.117. The van der Waals surface area contributed by atoms with Crippen molar-refractivity contribution in [1.29, 1.82) is 0 Å². The SMILES string of the molecule is Cc1cccc(C(=O)O)c1N1CC(CN=[N+]=[N-])CC1=O. The van der Waals surface area contributed by atoms with Crippen molar-refractivity contribution in [3.05, 3.63) is 39.8 Å². The summed E-state index contributed by atoms with van der Waals surface area (Å²) < 4.78 is 0. The highest BCUT2D eigenvalue weighted by Crippen LogP contribution is 2.31. The average molecular weight is 274 g/mol. The molecule has 1 atom stereocenters. The van der Waals surface area contributed by atoms with Crippen LogP contribution in [0.3, 0.4) is 0 Å². The molecular weight excluding hydrogens is 260 g/mol. The van der Waals surface area contributed by atoms with E-state index in [-0.39, 0.29) is 30.4 Å². The van der Waals surface area contributed by atoms with E-state index in [1.165, 1.54) is 11.0 Å². The molecule has 7 heteroatoms. The molecule has 0 aliphatic carbocycles. The standard InChI is InChI=1S/C13H14N4O3/c1-8-3-2-4-10(13(19)20)12(8)17-7-9(5-11(17)18)6-15-16-14/h2-4,9H,5-7H2,1H3,(H,19,20). The number of para-hydroxylation sites is 1. The van der Waals surface area contributed by atoms with Gasteiger partial charge in [0.05, 0.1) is 11.3 Å². The Labute approximate surface area is 115 Å². The van der Waals surface area contributed by atoms with Crippen molar-refractivity contribution >= 4 is 17.6 Å². The van der Waals surface area contributed by atoms with Crippen LogP contribution in [0.15, 0.2) is 23.3 Å². The van der Waals surface area contributed by atoms with Crippen molar-refractivity contribution in [2.24, 2.45) is 11.0 Å². The molecule has 1 aliphatic rings. The first kappa shape index (κ1) is 13.9. The Balaban J connectivity index is 2.35. The average Bonchev–Trinajstić information content (AvgIpc) is 2.77. The van der Waals surface area contributed by atoms with Crippen molar-refractivity contribution < 1.29 is 14.7 Å².